The largest absolute Gasteiger partial charge is 0.469 e. The molecule has 1 unspecified atom stereocenters. The molecule has 1 aromatic carbocycles. The van der Waals surface area contributed by atoms with E-state index in [4.69, 9.17) is 4.42 Å². The van der Waals surface area contributed by atoms with Crippen molar-refractivity contribution in [2.75, 3.05) is 6.54 Å². The van der Waals surface area contributed by atoms with E-state index in [0.29, 0.717) is 0 Å². The minimum atomic E-state index is -0.233. The lowest BCUT2D eigenvalue weighted by molar-refractivity contribution is 0.448. The first kappa shape index (κ1) is 14.3. The van der Waals surface area contributed by atoms with E-state index in [2.05, 4.69) is 28.2 Å². The maximum Gasteiger partial charge on any atom is 0.124 e. The zero-order chi connectivity index (χ0) is 13.7. The Morgan fingerprint density at radius 1 is 1.37 bits per heavy atom. The molecule has 2 nitrogen and oxygen atoms in total. The molecule has 0 saturated carbocycles. The summed E-state index contributed by atoms with van der Waals surface area (Å²) in [6.07, 6.45) is 3.47. The average molecular weight is 326 g/mol. The number of hydrogen-bond donors (Lipinski definition) is 1. The van der Waals surface area contributed by atoms with Crippen molar-refractivity contribution in [1.29, 1.82) is 0 Å². The van der Waals surface area contributed by atoms with Crippen LogP contribution in [0.1, 0.15) is 30.7 Å². The van der Waals surface area contributed by atoms with Crippen molar-refractivity contribution in [2.45, 2.75) is 25.8 Å². The lowest BCUT2D eigenvalue weighted by atomic mass is 10.0. The highest BCUT2D eigenvalue weighted by Crippen LogP contribution is 2.27. The minimum absolute atomic E-state index is 0.112. The molecule has 102 valence electrons. The smallest absolute Gasteiger partial charge is 0.124 e. The van der Waals surface area contributed by atoms with Crippen molar-refractivity contribution in [3.05, 3.63) is 58.2 Å². The van der Waals surface area contributed by atoms with E-state index in [1.807, 2.05) is 18.2 Å². The molecule has 4 heteroatoms. The molecular weight excluding hydrogens is 309 g/mol. The van der Waals surface area contributed by atoms with Gasteiger partial charge in [0.25, 0.3) is 0 Å². The molecule has 19 heavy (non-hydrogen) atoms. The third-order valence-electron chi connectivity index (χ3n) is 2.96. The summed E-state index contributed by atoms with van der Waals surface area (Å²) in [7, 11) is 0. The standard InChI is InChI=1S/C15H17BrFNO/c1-2-7-18-15(10-12-4-3-8-19-12)13-6-5-11(17)9-14(13)16/h3-6,8-9,15,18H,2,7,10H2,1H3. The van der Waals surface area contributed by atoms with Crippen LogP contribution in [0.2, 0.25) is 0 Å². The van der Waals surface area contributed by atoms with Crippen LogP contribution < -0.4 is 5.32 Å². The third-order valence-corrected chi connectivity index (χ3v) is 3.65. The minimum Gasteiger partial charge on any atom is -0.469 e. The van der Waals surface area contributed by atoms with E-state index >= 15 is 0 Å². The van der Waals surface area contributed by atoms with Crippen molar-refractivity contribution in [3.8, 4) is 0 Å². The second-order valence-electron chi connectivity index (χ2n) is 4.46. The molecule has 1 heterocycles. The Morgan fingerprint density at radius 2 is 2.21 bits per heavy atom. The molecule has 0 spiro atoms. The fraction of sp³-hybridized carbons (Fsp3) is 0.333. The number of rotatable bonds is 6. The quantitative estimate of drug-likeness (QED) is 0.847. The highest BCUT2D eigenvalue weighted by atomic mass is 79.9. The van der Waals surface area contributed by atoms with Gasteiger partial charge in [-0.25, -0.2) is 4.39 Å². The highest BCUT2D eigenvalue weighted by molar-refractivity contribution is 9.10. The predicted octanol–water partition coefficient (Wildman–Crippen LogP) is 4.46. The van der Waals surface area contributed by atoms with Crippen LogP contribution in [0.15, 0.2) is 45.5 Å². The molecule has 2 aromatic rings. The van der Waals surface area contributed by atoms with E-state index in [0.717, 1.165) is 35.2 Å². The molecule has 0 aliphatic carbocycles. The lowest BCUT2D eigenvalue weighted by Gasteiger charge is -2.19. The third kappa shape index (κ3) is 3.91. The molecule has 0 bridgehead atoms. The molecule has 0 saturated heterocycles. The molecular formula is C15H17BrFNO. The Morgan fingerprint density at radius 3 is 2.84 bits per heavy atom. The van der Waals surface area contributed by atoms with Crippen molar-refractivity contribution in [3.63, 3.8) is 0 Å². The van der Waals surface area contributed by atoms with Gasteiger partial charge < -0.3 is 9.73 Å². The van der Waals surface area contributed by atoms with Gasteiger partial charge in [0, 0.05) is 16.9 Å². The van der Waals surface area contributed by atoms with Gasteiger partial charge in [-0.05, 0) is 42.8 Å². The van der Waals surface area contributed by atoms with E-state index in [-0.39, 0.29) is 11.9 Å². The van der Waals surface area contributed by atoms with E-state index in [1.165, 1.54) is 12.1 Å². The van der Waals surface area contributed by atoms with Crippen LogP contribution in [0.4, 0.5) is 4.39 Å². The zero-order valence-electron chi connectivity index (χ0n) is 10.8. The first-order valence-corrected chi connectivity index (χ1v) is 7.20. The maximum atomic E-state index is 13.2. The summed E-state index contributed by atoms with van der Waals surface area (Å²) in [4.78, 5) is 0. The first-order chi connectivity index (χ1) is 9.20. The monoisotopic (exact) mass is 325 g/mol. The van der Waals surface area contributed by atoms with Gasteiger partial charge in [0.15, 0.2) is 0 Å². The van der Waals surface area contributed by atoms with Gasteiger partial charge in [-0.1, -0.05) is 28.9 Å². The summed E-state index contributed by atoms with van der Waals surface area (Å²) in [6, 6.07) is 8.75. The molecule has 0 aliphatic rings. The Hall–Kier alpha value is -1.13. The van der Waals surface area contributed by atoms with E-state index in [9.17, 15) is 4.39 Å². The van der Waals surface area contributed by atoms with Crippen LogP contribution in [0, 0.1) is 5.82 Å². The van der Waals surface area contributed by atoms with Gasteiger partial charge in [-0.15, -0.1) is 0 Å². The average Bonchev–Trinajstić information content (AvgIpc) is 2.88. The Kier molecular flexibility index (Phi) is 5.16. The van der Waals surface area contributed by atoms with Gasteiger partial charge in [-0.3, -0.25) is 0 Å². The van der Waals surface area contributed by atoms with E-state index < -0.39 is 0 Å². The van der Waals surface area contributed by atoms with Gasteiger partial charge in [-0.2, -0.15) is 0 Å². The number of furan rings is 1. The van der Waals surface area contributed by atoms with E-state index in [1.54, 1.807) is 6.26 Å². The van der Waals surface area contributed by atoms with Gasteiger partial charge in [0.1, 0.15) is 11.6 Å². The lowest BCUT2D eigenvalue weighted by Crippen LogP contribution is -2.24. The second kappa shape index (κ2) is 6.87. The topological polar surface area (TPSA) is 25.2 Å². The molecule has 1 N–H and O–H groups in total. The molecule has 0 amide bonds. The molecule has 1 atom stereocenters. The highest BCUT2D eigenvalue weighted by Gasteiger charge is 2.16. The van der Waals surface area contributed by atoms with Crippen molar-refractivity contribution < 1.29 is 8.81 Å². The maximum absolute atomic E-state index is 13.2. The molecule has 0 radical (unpaired) electrons. The molecule has 0 aliphatic heterocycles. The molecule has 2 rings (SSSR count). The molecule has 0 fully saturated rings. The number of nitrogens with one attached hydrogen (secondary N) is 1. The number of halogens is 2. The number of hydrogen-bond acceptors (Lipinski definition) is 2. The van der Waals surface area contributed by atoms with Crippen molar-refractivity contribution in [1.82, 2.24) is 5.32 Å². The predicted molar refractivity (Wildman–Crippen MR) is 77.5 cm³/mol. The zero-order valence-corrected chi connectivity index (χ0v) is 12.4. The molecule has 1 aromatic heterocycles. The van der Waals surface area contributed by atoms with Gasteiger partial charge >= 0.3 is 0 Å². The van der Waals surface area contributed by atoms with Crippen LogP contribution in [0.5, 0.6) is 0 Å². The van der Waals surface area contributed by atoms with Crippen LogP contribution in [-0.4, -0.2) is 6.54 Å². The summed E-state index contributed by atoms with van der Waals surface area (Å²) >= 11 is 3.43. The van der Waals surface area contributed by atoms with Gasteiger partial charge in [0.2, 0.25) is 0 Å². The summed E-state index contributed by atoms with van der Waals surface area (Å²) in [5, 5.41) is 3.47. The fourth-order valence-electron chi connectivity index (χ4n) is 2.02. The summed E-state index contributed by atoms with van der Waals surface area (Å²) in [5.41, 5.74) is 1.05. The van der Waals surface area contributed by atoms with Crippen molar-refractivity contribution >= 4 is 15.9 Å². The summed E-state index contributed by atoms with van der Waals surface area (Å²) < 4.78 is 19.4. The van der Waals surface area contributed by atoms with Gasteiger partial charge in [0.05, 0.1) is 6.26 Å². The van der Waals surface area contributed by atoms with Crippen LogP contribution >= 0.6 is 15.9 Å². The SMILES string of the molecule is CCCNC(Cc1ccco1)c1ccc(F)cc1Br. The number of benzene rings is 1. The Bertz CT molecular complexity index is 513. The normalized spacial score (nSPS) is 12.6. The summed E-state index contributed by atoms with van der Waals surface area (Å²) in [5.74, 6) is 0.688. The van der Waals surface area contributed by atoms with Crippen LogP contribution in [0.25, 0.3) is 0 Å². The Balaban J connectivity index is 2.20. The fourth-order valence-corrected chi connectivity index (χ4v) is 2.65. The Labute approximate surface area is 121 Å². The van der Waals surface area contributed by atoms with Crippen molar-refractivity contribution in [2.24, 2.45) is 0 Å². The second-order valence-corrected chi connectivity index (χ2v) is 5.31. The van der Waals surface area contributed by atoms with Crippen LogP contribution in [-0.2, 0) is 6.42 Å². The summed E-state index contributed by atoms with van der Waals surface area (Å²) in [6.45, 7) is 3.03. The van der Waals surface area contributed by atoms with Crippen LogP contribution in [0.3, 0.4) is 0 Å². The first-order valence-electron chi connectivity index (χ1n) is 6.41.